The third-order valence-electron chi connectivity index (χ3n) is 4.49. The number of anilines is 1. The summed E-state index contributed by atoms with van der Waals surface area (Å²) in [5.41, 5.74) is -1.11. The van der Waals surface area contributed by atoms with Gasteiger partial charge >= 0.3 is 0 Å². The Bertz CT molecular complexity index is 1290. The van der Waals surface area contributed by atoms with Gasteiger partial charge in [0.15, 0.2) is 5.82 Å². The third-order valence-corrected chi connectivity index (χ3v) is 5.96. The van der Waals surface area contributed by atoms with Crippen molar-refractivity contribution in [3.63, 3.8) is 0 Å². The summed E-state index contributed by atoms with van der Waals surface area (Å²) in [6.07, 6.45) is 2.84. The van der Waals surface area contributed by atoms with Gasteiger partial charge in [-0.2, -0.15) is 0 Å². The van der Waals surface area contributed by atoms with Crippen molar-refractivity contribution in [1.82, 2.24) is 14.9 Å². The Labute approximate surface area is 177 Å². The molecule has 0 bridgehead atoms. The van der Waals surface area contributed by atoms with E-state index in [1.165, 1.54) is 23.4 Å². The first-order valence-corrected chi connectivity index (χ1v) is 10.9. The van der Waals surface area contributed by atoms with Gasteiger partial charge in [0.05, 0.1) is 22.6 Å². The summed E-state index contributed by atoms with van der Waals surface area (Å²) in [6.45, 7) is 1.63. The van der Waals surface area contributed by atoms with Crippen molar-refractivity contribution in [1.29, 1.82) is 0 Å². The number of hydrogen-bond acceptors (Lipinski definition) is 5. The lowest BCUT2D eigenvalue weighted by molar-refractivity contribution is 0.0827. The molecule has 3 rings (SSSR count). The Kier molecular flexibility index (Phi) is 6.07. The molecule has 0 saturated carbocycles. The number of benzene rings is 1. The van der Waals surface area contributed by atoms with Gasteiger partial charge in [0.2, 0.25) is 15.8 Å². The number of aromatic nitrogens is 2. The van der Waals surface area contributed by atoms with Gasteiger partial charge in [-0.25, -0.2) is 22.2 Å². The molecule has 2 N–H and O–H groups in total. The van der Waals surface area contributed by atoms with Crippen molar-refractivity contribution < 1.29 is 26.8 Å². The Hall–Kier alpha value is -3.34. The highest BCUT2D eigenvalue weighted by atomic mass is 32.2. The number of carbonyl (C=O) groups excluding carboxylic acids is 2. The van der Waals surface area contributed by atoms with Crippen LogP contribution in [0.15, 0.2) is 30.6 Å². The van der Waals surface area contributed by atoms with Crippen molar-refractivity contribution in [3.05, 3.63) is 58.9 Å². The fourth-order valence-electron chi connectivity index (χ4n) is 3.03. The number of H-pyrrole nitrogens is 1. The molecule has 0 fully saturated rings. The molecule has 0 aliphatic heterocycles. The first-order chi connectivity index (χ1) is 14.6. The number of aromatic amines is 1. The van der Waals surface area contributed by atoms with Crippen LogP contribution < -0.4 is 4.72 Å². The van der Waals surface area contributed by atoms with Crippen LogP contribution in [0.5, 0.6) is 0 Å². The van der Waals surface area contributed by atoms with Gasteiger partial charge in [-0.3, -0.25) is 14.3 Å². The number of amides is 1. The van der Waals surface area contributed by atoms with E-state index in [9.17, 15) is 26.8 Å². The molecule has 11 heteroatoms. The van der Waals surface area contributed by atoms with Gasteiger partial charge < -0.3 is 9.88 Å². The normalized spacial score (nSPS) is 11.5. The number of hydrogen-bond donors (Lipinski definition) is 2. The molecule has 2 heterocycles. The lowest BCUT2D eigenvalue weighted by Gasteiger charge is -2.12. The average molecular weight is 450 g/mol. The molecular formula is C20H20F2N4O4S. The minimum Gasteiger partial charge on any atom is -0.345 e. The summed E-state index contributed by atoms with van der Waals surface area (Å²) in [6, 6.07) is 3.13. The minimum atomic E-state index is -3.86. The molecule has 1 amide bonds. The first-order valence-electron chi connectivity index (χ1n) is 9.27. The molecule has 0 atom stereocenters. The number of pyridine rings is 1. The number of fused-ring (bicyclic) bond motifs is 1. The van der Waals surface area contributed by atoms with Gasteiger partial charge in [-0.05, 0) is 24.6 Å². The molecule has 8 nitrogen and oxygen atoms in total. The summed E-state index contributed by atoms with van der Waals surface area (Å²) in [4.78, 5) is 33.4. The van der Waals surface area contributed by atoms with Crippen LogP contribution in [0.1, 0.15) is 39.6 Å². The number of sulfonamides is 1. The number of nitrogens with one attached hydrogen (secondary N) is 2. The minimum absolute atomic E-state index is 0.109. The van der Waals surface area contributed by atoms with Gasteiger partial charge in [0.1, 0.15) is 11.5 Å². The predicted octanol–water partition coefficient (Wildman–Crippen LogP) is 2.93. The molecule has 0 spiro atoms. The molecule has 31 heavy (non-hydrogen) atoms. The molecule has 164 valence electrons. The molecular weight excluding hydrogens is 430 g/mol. The molecule has 3 aromatic rings. The van der Waals surface area contributed by atoms with E-state index in [0.717, 1.165) is 12.1 Å². The Morgan fingerprint density at radius 2 is 1.94 bits per heavy atom. The van der Waals surface area contributed by atoms with Crippen molar-refractivity contribution in [2.75, 3.05) is 24.6 Å². The fraction of sp³-hybridized carbons (Fsp3) is 0.250. The van der Waals surface area contributed by atoms with Crippen LogP contribution in [0, 0.1) is 11.6 Å². The summed E-state index contributed by atoms with van der Waals surface area (Å²) < 4.78 is 55.4. The van der Waals surface area contributed by atoms with E-state index in [1.807, 2.05) is 4.72 Å². The van der Waals surface area contributed by atoms with Crippen molar-refractivity contribution in [3.8, 4) is 0 Å². The van der Waals surface area contributed by atoms with Crippen LogP contribution >= 0.6 is 0 Å². The fourth-order valence-corrected chi connectivity index (χ4v) is 4.16. The van der Waals surface area contributed by atoms with Crippen molar-refractivity contribution >= 4 is 38.4 Å². The maximum Gasteiger partial charge on any atom is 0.254 e. The van der Waals surface area contributed by atoms with Crippen LogP contribution in [-0.2, 0) is 10.0 Å². The first kappa shape index (κ1) is 22.3. The highest BCUT2D eigenvalue weighted by Gasteiger charge is 2.26. The summed E-state index contributed by atoms with van der Waals surface area (Å²) in [5.74, 6) is -4.12. The summed E-state index contributed by atoms with van der Waals surface area (Å²) in [5, 5.41) is 0.202. The lowest BCUT2D eigenvalue weighted by Crippen LogP contribution is -2.21. The number of ketones is 1. The quantitative estimate of drug-likeness (QED) is 0.538. The van der Waals surface area contributed by atoms with Crippen LogP contribution in [0.3, 0.4) is 0 Å². The van der Waals surface area contributed by atoms with Crippen LogP contribution in [0.25, 0.3) is 11.0 Å². The van der Waals surface area contributed by atoms with E-state index in [1.54, 1.807) is 21.0 Å². The molecule has 0 unspecified atom stereocenters. The second kappa shape index (κ2) is 8.42. The zero-order valence-electron chi connectivity index (χ0n) is 17.0. The van der Waals surface area contributed by atoms with Gasteiger partial charge in [-0.15, -0.1) is 0 Å². The van der Waals surface area contributed by atoms with E-state index in [4.69, 9.17) is 0 Å². The number of carbonyl (C=O) groups is 2. The maximum atomic E-state index is 15.0. The zero-order valence-corrected chi connectivity index (χ0v) is 17.8. The highest BCUT2D eigenvalue weighted by molar-refractivity contribution is 7.92. The molecule has 1 aromatic carbocycles. The molecule has 0 radical (unpaired) electrons. The second-order valence-corrected chi connectivity index (χ2v) is 8.90. The van der Waals surface area contributed by atoms with E-state index in [0.29, 0.717) is 6.42 Å². The standard InChI is InChI=1S/C20H20F2N4O4S/c1-4-7-31(29,30)25-15-6-5-14(21)16(17(15)22)18(27)13-10-24-19-12(13)8-11(9-23-19)20(28)26(2)3/h5-6,8-10,25H,4,7H2,1-3H3,(H,23,24). The van der Waals surface area contributed by atoms with Crippen LogP contribution in [0.2, 0.25) is 0 Å². The smallest absolute Gasteiger partial charge is 0.254 e. The summed E-state index contributed by atoms with van der Waals surface area (Å²) >= 11 is 0. The van der Waals surface area contributed by atoms with Crippen LogP contribution in [-0.4, -0.2) is 54.8 Å². The zero-order chi connectivity index (χ0) is 22.9. The SMILES string of the molecule is CCCS(=O)(=O)Nc1ccc(F)c(C(=O)c2c[nH]c3ncc(C(=O)N(C)C)cc23)c1F. The predicted molar refractivity (Wildman–Crippen MR) is 112 cm³/mol. The Morgan fingerprint density at radius 3 is 2.58 bits per heavy atom. The molecule has 0 aliphatic rings. The number of nitrogens with zero attached hydrogens (tertiary/aromatic N) is 2. The highest BCUT2D eigenvalue weighted by Crippen LogP contribution is 2.28. The van der Waals surface area contributed by atoms with Gasteiger partial charge in [0, 0.05) is 37.4 Å². The third kappa shape index (κ3) is 4.41. The van der Waals surface area contributed by atoms with E-state index < -0.39 is 38.7 Å². The number of rotatable bonds is 7. The van der Waals surface area contributed by atoms with Gasteiger partial charge in [0.25, 0.3) is 5.91 Å². The monoisotopic (exact) mass is 450 g/mol. The lowest BCUT2D eigenvalue weighted by atomic mass is 10.0. The largest absolute Gasteiger partial charge is 0.345 e. The second-order valence-electron chi connectivity index (χ2n) is 7.06. The van der Waals surface area contributed by atoms with Crippen molar-refractivity contribution in [2.24, 2.45) is 0 Å². The Morgan fingerprint density at radius 1 is 1.23 bits per heavy atom. The van der Waals surface area contributed by atoms with Crippen molar-refractivity contribution in [2.45, 2.75) is 13.3 Å². The summed E-state index contributed by atoms with van der Waals surface area (Å²) in [7, 11) is -0.762. The molecule has 2 aromatic heterocycles. The number of halogens is 2. The van der Waals surface area contributed by atoms with E-state index in [-0.39, 0.29) is 33.8 Å². The van der Waals surface area contributed by atoms with Crippen LogP contribution in [0.4, 0.5) is 14.5 Å². The topological polar surface area (TPSA) is 112 Å². The molecule has 0 saturated heterocycles. The maximum absolute atomic E-state index is 15.0. The Balaban J connectivity index is 2.09. The van der Waals surface area contributed by atoms with E-state index in [2.05, 4.69) is 9.97 Å². The van der Waals surface area contributed by atoms with Gasteiger partial charge in [-0.1, -0.05) is 6.92 Å². The average Bonchev–Trinajstić information content (AvgIpc) is 3.12. The van der Waals surface area contributed by atoms with E-state index >= 15 is 0 Å². The molecule has 0 aliphatic carbocycles.